The highest BCUT2D eigenvalue weighted by atomic mass is 32.2. The third-order valence-electron chi connectivity index (χ3n) is 5.18. The fourth-order valence-electron chi connectivity index (χ4n) is 3.53. The lowest BCUT2D eigenvalue weighted by molar-refractivity contribution is -0.151. The predicted octanol–water partition coefficient (Wildman–Crippen LogP) is 2.29. The third kappa shape index (κ3) is 4.44. The number of nitrogens with zero attached hydrogens (tertiary/aromatic N) is 2. The lowest BCUT2D eigenvalue weighted by atomic mass is 9.98. The number of sulfonamides is 1. The number of fused-ring (bicyclic) bond motifs is 1. The molecule has 1 saturated heterocycles. The van der Waals surface area contributed by atoms with E-state index in [4.69, 9.17) is 18.7 Å². The number of aromatic nitrogens is 1. The van der Waals surface area contributed by atoms with Crippen molar-refractivity contribution in [1.29, 1.82) is 0 Å². The highest BCUT2D eigenvalue weighted by Gasteiger charge is 2.33. The summed E-state index contributed by atoms with van der Waals surface area (Å²) in [5.74, 6) is 0.778. The van der Waals surface area contributed by atoms with Gasteiger partial charge in [0.2, 0.25) is 10.0 Å². The van der Waals surface area contributed by atoms with Gasteiger partial charge in [-0.2, -0.15) is 4.31 Å². The van der Waals surface area contributed by atoms with E-state index in [0.29, 0.717) is 49.0 Å². The number of benzene rings is 1. The molecule has 3 heterocycles. The molecule has 0 spiro atoms. The Morgan fingerprint density at radius 3 is 2.60 bits per heavy atom. The fourth-order valence-corrected chi connectivity index (χ4v) is 5.02. The molecule has 1 aromatic carbocycles. The van der Waals surface area contributed by atoms with Crippen molar-refractivity contribution >= 4 is 16.0 Å². The molecular weight excluding hydrogens is 412 g/mol. The molecule has 162 valence electrons. The van der Waals surface area contributed by atoms with Crippen molar-refractivity contribution < 1.29 is 31.9 Å². The number of hydrogen-bond donors (Lipinski definition) is 0. The Kier molecular flexibility index (Phi) is 5.96. The molecule has 0 atom stereocenters. The number of rotatable bonds is 5. The van der Waals surface area contributed by atoms with Gasteiger partial charge in [0, 0.05) is 31.6 Å². The summed E-state index contributed by atoms with van der Waals surface area (Å²) in [5.41, 5.74) is 0.717. The molecule has 0 amide bonds. The van der Waals surface area contributed by atoms with Crippen molar-refractivity contribution in [1.82, 2.24) is 9.46 Å². The molecule has 0 saturated carbocycles. The zero-order chi connectivity index (χ0) is 21.1. The first kappa shape index (κ1) is 20.7. The molecule has 0 aliphatic carbocycles. The van der Waals surface area contributed by atoms with Gasteiger partial charge in [-0.1, -0.05) is 5.16 Å². The van der Waals surface area contributed by atoms with E-state index < -0.39 is 10.0 Å². The monoisotopic (exact) mass is 436 g/mol. The summed E-state index contributed by atoms with van der Waals surface area (Å²) in [6.45, 7) is 3.33. The van der Waals surface area contributed by atoms with Gasteiger partial charge in [0.15, 0.2) is 23.9 Å². The Balaban J connectivity index is 1.36. The van der Waals surface area contributed by atoms with E-state index in [9.17, 15) is 13.2 Å². The normalized spacial score (nSPS) is 18.0. The molecule has 1 aromatic heterocycles. The SMILES string of the molecule is Cc1cc(COC(=O)C2CCN(S(=O)(=O)c3ccc4c(c3)OCCCO4)CC2)on1. The predicted molar refractivity (Wildman–Crippen MR) is 105 cm³/mol. The summed E-state index contributed by atoms with van der Waals surface area (Å²) < 4.78 is 49.0. The molecule has 30 heavy (non-hydrogen) atoms. The van der Waals surface area contributed by atoms with Crippen LogP contribution >= 0.6 is 0 Å². The van der Waals surface area contributed by atoms with E-state index in [-0.39, 0.29) is 36.5 Å². The Labute approximate surface area is 174 Å². The van der Waals surface area contributed by atoms with Crippen LogP contribution in [0, 0.1) is 12.8 Å². The van der Waals surface area contributed by atoms with E-state index in [1.54, 1.807) is 19.1 Å². The first-order valence-electron chi connectivity index (χ1n) is 9.92. The van der Waals surface area contributed by atoms with Crippen molar-refractivity contribution in [2.75, 3.05) is 26.3 Å². The summed E-state index contributed by atoms with van der Waals surface area (Å²) in [6.07, 6.45) is 1.55. The minimum Gasteiger partial charge on any atom is -0.490 e. The lowest BCUT2D eigenvalue weighted by Crippen LogP contribution is -2.40. The highest BCUT2D eigenvalue weighted by Crippen LogP contribution is 2.34. The average Bonchev–Trinajstić information content (AvgIpc) is 3.03. The van der Waals surface area contributed by atoms with Crippen molar-refractivity contribution in [2.24, 2.45) is 5.92 Å². The molecule has 9 nitrogen and oxygen atoms in total. The fraction of sp³-hybridized carbons (Fsp3) is 0.500. The Morgan fingerprint density at radius 1 is 1.17 bits per heavy atom. The Morgan fingerprint density at radius 2 is 1.90 bits per heavy atom. The summed E-state index contributed by atoms with van der Waals surface area (Å²) in [5, 5.41) is 3.75. The highest BCUT2D eigenvalue weighted by molar-refractivity contribution is 7.89. The van der Waals surface area contributed by atoms with Crippen LogP contribution in [-0.4, -0.2) is 50.2 Å². The van der Waals surface area contributed by atoms with Crippen LogP contribution < -0.4 is 9.47 Å². The molecule has 2 aliphatic rings. The summed E-state index contributed by atoms with van der Waals surface area (Å²) in [6, 6.07) is 6.37. The van der Waals surface area contributed by atoms with Gasteiger partial charge >= 0.3 is 5.97 Å². The number of hydrogen-bond acceptors (Lipinski definition) is 8. The van der Waals surface area contributed by atoms with Crippen LogP contribution in [0.25, 0.3) is 0 Å². The molecule has 1 fully saturated rings. The second-order valence-electron chi connectivity index (χ2n) is 7.38. The minimum atomic E-state index is -3.69. The van der Waals surface area contributed by atoms with Gasteiger partial charge in [-0.25, -0.2) is 8.42 Å². The van der Waals surface area contributed by atoms with Crippen LogP contribution in [0.5, 0.6) is 11.5 Å². The number of carbonyl (C=O) groups excluding carboxylic acids is 1. The molecule has 4 rings (SSSR count). The second kappa shape index (κ2) is 8.65. The maximum absolute atomic E-state index is 13.0. The van der Waals surface area contributed by atoms with Gasteiger partial charge in [0.25, 0.3) is 0 Å². The van der Waals surface area contributed by atoms with Gasteiger partial charge in [0.05, 0.1) is 29.7 Å². The molecule has 2 aromatic rings. The first-order valence-corrected chi connectivity index (χ1v) is 11.4. The maximum atomic E-state index is 13.0. The number of piperidine rings is 1. The molecule has 10 heteroatoms. The Bertz CT molecular complexity index is 1010. The van der Waals surface area contributed by atoms with E-state index in [1.165, 1.54) is 16.4 Å². The summed E-state index contributed by atoms with van der Waals surface area (Å²) in [4.78, 5) is 12.5. The third-order valence-corrected chi connectivity index (χ3v) is 7.07. The molecule has 2 aliphatic heterocycles. The average molecular weight is 436 g/mol. The standard InChI is InChI=1S/C20H24N2O7S/c1-14-11-16(29-21-14)13-28-20(23)15-5-7-22(8-6-15)30(24,25)17-3-4-18-19(12-17)27-10-2-9-26-18/h3-4,11-12,15H,2,5-10,13H2,1H3. The van der Waals surface area contributed by atoms with Crippen molar-refractivity contribution in [2.45, 2.75) is 37.7 Å². The van der Waals surface area contributed by atoms with Crippen molar-refractivity contribution in [3.63, 3.8) is 0 Å². The minimum absolute atomic E-state index is 0.0232. The van der Waals surface area contributed by atoms with Crippen LogP contribution in [-0.2, 0) is 26.2 Å². The van der Waals surface area contributed by atoms with Gasteiger partial charge in [-0.05, 0) is 31.9 Å². The second-order valence-corrected chi connectivity index (χ2v) is 9.32. The smallest absolute Gasteiger partial charge is 0.309 e. The zero-order valence-corrected chi connectivity index (χ0v) is 17.5. The number of carbonyl (C=O) groups is 1. The summed E-state index contributed by atoms with van der Waals surface area (Å²) in [7, 11) is -3.69. The number of aryl methyl sites for hydroxylation is 1. The van der Waals surface area contributed by atoms with Gasteiger partial charge in [-0.15, -0.1) is 0 Å². The van der Waals surface area contributed by atoms with E-state index in [1.807, 2.05) is 0 Å². The van der Waals surface area contributed by atoms with Crippen LogP contribution in [0.4, 0.5) is 0 Å². The van der Waals surface area contributed by atoms with Crippen molar-refractivity contribution in [3.8, 4) is 11.5 Å². The van der Waals surface area contributed by atoms with Crippen LogP contribution in [0.15, 0.2) is 33.7 Å². The quantitative estimate of drug-likeness (QED) is 0.657. The van der Waals surface area contributed by atoms with E-state index >= 15 is 0 Å². The first-order chi connectivity index (χ1) is 14.4. The van der Waals surface area contributed by atoms with Crippen LogP contribution in [0.2, 0.25) is 0 Å². The Hall–Kier alpha value is -2.59. The van der Waals surface area contributed by atoms with Crippen LogP contribution in [0.1, 0.15) is 30.7 Å². The lowest BCUT2D eigenvalue weighted by Gasteiger charge is -2.30. The molecular formula is C20H24N2O7S. The van der Waals surface area contributed by atoms with Crippen LogP contribution in [0.3, 0.4) is 0 Å². The van der Waals surface area contributed by atoms with Gasteiger partial charge in [-0.3, -0.25) is 4.79 Å². The van der Waals surface area contributed by atoms with E-state index in [2.05, 4.69) is 5.16 Å². The summed E-state index contributed by atoms with van der Waals surface area (Å²) >= 11 is 0. The topological polar surface area (TPSA) is 108 Å². The molecule has 0 unspecified atom stereocenters. The van der Waals surface area contributed by atoms with Crippen molar-refractivity contribution in [3.05, 3.63) is 35.7 Å². The number of ether oxygens (including phenoxy) is 3. The maximum Gasteiger partial charge on any atom is 0.309 e. The van der Waals surface area contributed by atoms with E-state index in [0.717, 1.165) is 6.42 Å². The molecule has 0 bridgehead atoms. The van der Waals surface area contributed by atoms with Gasteiger partial charge < -0.3 is 18.7 Å². The molecule has 0 radical (unpaired) electrons. The number of esters is 1. The van der Waals surface area contributed by atoms with Gasteiger partial charge in [0.1, 0.15) is 0 Å². The largest absolute Gasteiger partial charge is 0.490 e. The molecule has 0 N–H and O–H groups in total. The zero-order valence-electron chi connectivity index (χ0n) is 16.7.